The summed E-state index contributed by atoms with van der Waals surface area (Å²) >= 11 is 0. The Labute approximate surface area is 193 Å². The molecule has 2 aliphatic rings. The summed E-state index contributed by atoms with van der Waals surface area (Å²) in [5, 5.41) is 11.3. The van der Waals surface area contributed by atoms with Crippen LogP contribution in [-0.2, 0) is 14.3 Å². The molecule has 0 saturated carbocycles. The van der Waals surface area contributed by atoms with Crippen molar-refractivity contribution >= 4 is 23.3 Å². The topological polar surface area (TPSA) is 109 Å². The van der Waals surface area contributed by atoms with E-state index >= 15 is 0 Å². The van der Waals surface area contributed by atoms with Gasteiger partial charge in [0.15, 0.2) is 5.76 Å². The second-order valence-corrected chi connectivity index (χ2v) is 8.20. The molecule has 0 atom stereocenters. The van der Waals surface area contributed by atoms with Crippen molar-refractivity contribution in [2.45, 2.75) is 39.5 Å². The van der Waals surface area contributed by atoms with Gasteiger partial charge in [-0.15, -0.1) is 0 Å². The highest BCUT2D eigenvalue weighted by Crippen LogP contribution is 2.25. The van der Waals surface area contributed by atoms with Crippen LogP contribution in [0.2, 0.25) is 0 Å². The molecule has 2 amide bonds. The van der Waals surface area contributed by atoms with E-state index in [0.29, 0.717) is 38.3 Å². The molecule has 0 aliphatic carbocycles. The van der Waals surface area contributed by atoms with Gasteiger partial charge in [-0.25, -0.2) is 4.98 Å². The number of amides is 2. The normalized spacial score (nSPS) is 16.5. The van der Waals surface area contributed by atoms with Gasteiger partial charge in [0.2, 0.25) is 11.7 Å². The number of nitro groups is 1. The van der Waals surface area contributed by atoms with Gasteiger partial charge in [-0.1, -0.05) is 6.92 Å². The highest BCUT2D eigenvalue weighted by Gasteiger charge is 2.26. The van der Waals surface area contributed by atoms with Crippen LogP contribution in [0.1, 0.15) is 39.5 Å². The van der Waals surface area contributed by atoms with Crippen molar-refractivity contribution in [2.75, 3.05) is 44.2 Å². The molecule has 0 spiro atoms. The number of anilines is 1. The number of hydrogen-bond acceptors (Lipinski definition) is 8. The summed E-state index contributed by atoms with van der Waals surface area (Å²) in [6, 6.07) is 3.05. The lowest BCUT2D eigenvalue weighted by Crippen LogP contribution is -2.47. The van der Waals surface area contributed by atoms with Crippen LogP contribution >= 0.6 is 0 Å². The molecule has 0 aromatic carbocycles. The Hall–Kier alpha value is -3.27. The Bertz CT molecular complexity index is 937. The van der Waals surface area contributed by atoms with Crippen molar-refractivity contribution in [1.82, 2.24) is 14.8 Å². The van der Waals surface area contributed by atoms with Gasteiger partial charge in [0, 0.05) is 51.4 Å². The number of carbonyl (C=O) groups is 2. The summed E-state index contributed by atoms with van der Waals surface area (Å²) in [5.74, 6) is 0.0401. The van der Waals surface area contributed by atoms with E-state index in [1.165, 1.54) is 11.0 Å². The molecule has 0 unspecified atom stereocenters. The van der Waals surface area contributed by atoms with Gasteiger partial charge in [-0.2, -0.15) is 0 Å². The van der Waals surface area contributed by atoms with Crippen LogP contribution in [0.25, 0.3) is 0 Å². The number of ether oxygens (including phenoxy) is 1. The summed E-state index contributed by atoms with van der Waals surface area (Å²) in [4.78, 5) is 45.7. The number of imide groups is 1. The lowest BCUT2D eigenvalue weighted by molar-refractivity contribution is -0.384. The summed E-state index contributed by atoms with van der Waals surface area (Å²) in [6.45, 7) is 7.73. The zero-order valence-electron chi connectivity index (χ0n) is 19.2. The van der Waals surface area contributed by atoms with E-state index < -0.39 is 4.92 Å². The summed E-state index contributed by atoms with van der Waals surface area (Å²) in [6.07, 6.45) is 7.29. The number of nitrogens with zero attached hydrogens (tertiary/aromatic N) is 5. The monoisotopic (exact) mass is 457 g/mol. The maximum atomic E-state index is 12.8. The van der Waals surface area contributed by atoms with E-state index in [0.717, 1.165) is 31.6 Å². The van der Waals surface area contributed by atoms with Gasteiger partial charge in [0.05, 0.1) is 11.2 Å². The molecule has 0 radical (unpaired) electrons. The molecule has 0 N–H and O–H groups in total. The van der Waals surface area contributed by atoms with E-state index in [2.05, 4.69) is 9.88 Å². The third kappa shape index (κ3) is 6.38. The van der Waals surface area contributed by atoms with Gasteiger partial charge < -0.3 is 9.64 Å². The Balaban J connectivity index is 1.45. The first-order valence-corrected chi connectivity index (χ1v) is 11.3. The Kier molecular flexibility index (Phi) is 8.53. The number of aromatic nitrogens is 1. The minimum atomic E-state index is -0.398. The number of pyridine rings is 1. The molecule has 1 aromatic rings. The highest BCUT2D eigenvalue weighted by atomic mass is 16.6. The SMILES string of the molecule is CCC(=O)N(CCCCN1CCN(c2ncccc2[N+](=O)[O-])CC1)C(=O)C1=CCC(C)=CO1. The van der Waals surface area contributed by atoms with Crippen molar-refractivity contribution in [3.8, 4) is 0 Å². The lowest BCUT2D eigenvalue weighted by Gasteiger charge is -2.35. The lowest BCUT2D eigenvalue weighted by atomic mass is 10.1. The maximum Gasteiger partial charge on any atom is 0.311 e. The molecule has 0 bridgehead atoms. The van der Waals surface area contributed by atoms with Crippen molar-refractivity contribution in [2.24, 2.45) is 0 Å². The molecule has 33 heavy (non-hydrogen) atoms. The summed E-state index contributed by atoms with van der Waals surface area (Å²) in [7, 11) is 0. The molecule has 3 heterocycles. The Morgan fingerprint density at radius 1 is 1.24 bits per heavy atom. The summed E-state index contributed by atoms with van der Waals surface area (Å²) in [5.41, 5.74) is 1.05. The second kappa shape index (κ2) is 11.6. The molecule has 3 rings (SSSR count). The van der Waals surface area contributed by atoms with Crippen LogP contribution in [0.3, 0.4) is 0 Å². The van der Waals surface area contributed by atoms with E-state index in [1.54, 1.807) is 31.5 Å². The number of rotatable bonds is 9. The average Bonchev–Trinajstić information content (AvgIpc) is 2.84. The standard InChI is InChI=1S/C23H31N5O5/c1-3-21(29)27(23(30)20-9-8-18(2)17-33-20)12-5-4-11-25-13-15-26(16-14-25)22-19(28(31)32)7-6-10-24-22/h6-7,9-10,17H,3-5,8,11-16H2,1-2H3. The highest BCUT2D eigenvalue weighted by molar-refractivity contribution is 6.03. The number of unbranched alkanes of at least 4 members (excludes halogenated alkanes) is 1. The van der Waals surface area contributed by atoms with Crippen molar-refractivity contribution in [3.63, 3.8) is 0 Å². The van der Waals surface area contributed by atoms with Crippen LogP contribution in [0, 0.1) is 10.1 Å². The van der Waals surface area contributed by atoms with Gasteiger partial charge in [-0.05, 0) is 50.4 Å². The average molecular weight is 458 g/mol. The van der Waals surface area contributed by atoms with Gasteiger partial charge in [0.25, 0.3) is 5.91 Å². The predicted molar refractivity (Wildman–Crippen MR) is 123 cm³/mol. The van der Waals surface area contributed by atoms with Crippen molar-refractivity contribution in [1.29, 1.82) is 0 Å². The fraction of sp³-hybridized carbons (Fsp3) is 0.522. The first kappa shape index (κ1) is 24.4. The van der Waals surface area contributed by atoms with E-state index in [9.17, 15) is 19.7 Å². The zero-order valence-corrected chi connectivity index (χ0v) is 19.2. The third-order valence-corrected chi connectivity index (χ3v) is 5.80. The Morgan fingerprint density at radius 2 is 2.00 bits per heavy atom. The van der Waals surface area contributed by atoms with Crippen LogP contribution in [-0.4, -0.2) is 70.8 Å². The first-order valence-electron chi connectivity index (χ1n) is 11.3. The smallest absolute Gasteiger partial charge is 0.311 e. The molecule has 1 saturated heterocycles. The van der Waals surface area contributed by atoms with E-state index in [1.807, 2.05) is 11.8 Å². The van der Waals surface area contributed by atoms with Gasteiger partial charge in [0.1, 0.15) is 0 Å². The minimum absolute atomic E-state index is 0.0269. The van der Waals surface area contributed by atoms with E-state index in [4.69, 9.17) is 4.74 Å². The first-order chi connectivity index (χ1) is 15.9. The summed E-state index contributed by atoms with van der Waals surface area (Å²) < 4.78 is 5.39. The number of carbonyl (C=O) groups excluding carboxylic acids is 2. The van der Waals surface area contributed by atoms with Gasteiger partial charge >= 0.3 is 5.69 Å². The van der Waals surface area contributed by atoms with Crippen LogP contribution in [0.15, 0.2) is 42.0 Å². The molecule has 2 aliphatic heterocycles. The second-order valence-electron chi connectivity index (χ2n) is 8.20. The number of allylic oxidation sites excluding steroid dienone is 2. The fourth-order valence-electron chi connectivity index (χ4n) is 3.88. The molecule has 1 fully saturated rings. The van der Waals surface area contributed by atoms with Crippen LogP contribution in [0.4, 0.5) is 11.5 Å². The molecular formula is C23H31N5O5. The minimum Gasteiger partial charge on any atom is -0.460 e. The molecule has 178 valence electrons. The molecule has 10 nitrogen and oxygen atoms in total. The zero-order chi connectivity index (χ0) is 23.8. The third-order valence-electron chi connectivity index (χ3n) is 5.80. The maximum absolute atomic E-state index is 12.8. The van der Waals surface area contributed by atoms with Crippen LogP contribution < -0.4 is 4.90 Å². The number of piperazine rings is 1. The fourth-order valence-corrected chi connectivity index (χ4v) is 3.88. The predicted octanol–water partition coefficient (Wildman–Crippen LogP) is 2.87. The van der Waals surface area contributed by atoms with Crippen molar-refractivity contribution < 1.29 is 19.2 Å². The van der Waals surface area contributed by atoms with Gasteiger partial charge in [-0.3, -0.25) is 29.5 Å². The quantitative estimate of drug-likeness (QED) is 0.316. The molecule has 10 heteroatoms. The largest absolute Gasteiger partial charge is 0.460 e. The molecular weight excluding hydrogens is 426 g/mol. The van der Waals surface area contributed by atoms with Crippen molar-refractivity contribution in [3.05, 3.63) is 52.1 Å². The molecule has 1 aromatic heterocycles. The Morgan fingerprint density at radius 3 is 2.64 bits per heavy atom. The van der Waals surface area contributed by atoms with E-state index in [-0.39, 0.29) is 29.7 Å². The van der Waals surface area contributed by atoms with Crippen LogP contribution in [0.5, 0.6) is 0 Å². The number of hydrogen-bond donors (Lipinski definition) is 0.